The fraction of sp³-hybridized carbons (Fsp3) is 0.476. The van der Waals surface area contributed by atoms with Crippen LogP contribution in [-0.2, 0) is 11.2 Å². The smallest absolute Gasteiger partial charge is 0.274 e. The predicted molar refractivity (Wildman–Crippen MR) is 116 cm³/mol. The van der Waals surface area contributed by atoms with E-state index < -0.39 is 4.92 Å². The average Bonchev–Trinajstić information content (AvgIpc) is 3.15. The Bertz CT molecular complexity index is 933. The van der Waals surface area contributed by atoms with Gasteiger partial charge in [-0.2, -0.15) is 4.98 Å². The summed E-state index contributed by atoms with van der Waals surface area (Å²) >= 11 is 0. The van der Waals surface area contributed by atoms with Crippen LogP contribution in [-0.4, -0.2) is 39.9 Å². The molecule has 0 aliphatic carbocycles. The molecule has 0 radical (unpaired) electrons. The van der Waals surface area contributed by atoms with Gasteiger partial charge in [-0.3, -0.25) is 14.9 Å². The Morgan fingerprint density at radius 2 is 2.13 bits per heavy atom. The van der Waals surface area contributed by atoms with Crippen LogP contribution in [0.5, 0.6) is 0 Å². The molecule has 160 valence electrons. The second-order valence-corrected chi connectivity index (χ2v) is 7.66. The molecule has 30 heavy (non-hydrogen) atoms. The molecule has 9 heteroatoms. The summed E-state index contributed by atoms with van der Waals surface area (Å²) in [6.45, 7) is 6.86. The van der Waals surface area contributed by atoms with Gasteiger partial charge in [-0.25, -0.2) is 4.98 Å². The highest BCUT2D eigenvalue weighted by Gasteiger charge is 2.25. The van der Waals surface area contributed by atoms with Crippen molar-refractivity contribution in [2.75, 3.05) is 23.3 Å². The van der Waals surface area contributed by atoms with Crippen molar-refractivity contribution in [3.05, 3.63) is 45.6 Å². The van der Waals surface area contributed by atoms with Gasteiger partial charge in [0.25, 0.3) is 5.69 Å². The van der Waals surface area contributed by atoms with Crippen molar-refractivity contribution in [2.45, 2.75) is 52.5 Å². The minimum absolute atomic E-state index is 0.0310. The third-order valence-electron chi connectivity index (χ3n) is 5.13. The van der Waals surface area contributed by atoms with Gasteiger partial charge < -0.3 is 15.5 Å². The van der Waals surface area contributed by atoms with Crippen molar-refractivity contribution >= 4 is 29.0 Å². The molecule has 1 atom stereocenters. The summed E-state index contributed by atoms with van der Waals surface area (Å²) in [6.07, 6.45) is 3.76. The topological polar surface area (TPSA) is 113 Å². The molecule has 0 unspecified atom stereocenters. The fourth-order valence-corrected chi connectivity index (χ4v) is 3.57. The van der Waals surface area contributed by atoms with Crippen LogP contribution in [0, 0.1) is 17.0 Å². The van der Waals surface area contributed by atoms with E-state index in [9.17, 15) is 14.9 Å². The molecular weight excluding hydrogens is 384 g/mol. The number of hydrogen-bond acceptors (Lipinski definition) is 7. The molecule has 1 aliphatic heterocycles. The number of nitro groups is 1. The lowest BCUT2D eigenvalue weighted by molar-refractivity contribution is -0.385. The molecule has 0 bridgehead atoms. The highest BCUT2D eigenvalue weighted by Crippen LogP contribution is 2.26. The summed E-state index contributed by atoms with van der Waals surface area (Å²) in [5.41, 5.74) is 2.15. The molecule has 1 fully saturated rings. The highest BCUT2D eigenvalue weighted by molar-refractivity contribution is 5.73. The lowest BCUT2D eigenvalue weighted by Gasteiger charge is -2.19. The number of aryl methyl sites for hydroxylation is 2. The predicted octanol–water partition coefficient (Wildman–Crippen LogP) is 3.49. The zero-order chi connectivity index (χ0) is 21.7. The number of nitro benzene ring substituents is 1. The maximum absolute atomic E-state index is 11.4. The standard InChI is InChI=1S/C21H28N6O3/c1-4-5-6-16-12-20(26-10-9-18(13-26)22-15(3)28)25-21(23-16)24-17-8-7-14(2)19(11-17)27(29)30/h7-8,11-12,18H,4-6,9-10,13H2,1-3H3,(H,22,28)(H,23,24,25)/t18-/m0/s1. The number of anilines is 3. The molecule has 2 N–H and O–H groups in total. The monoisotopic (exact) mass is 412 g/mol. The van der Waals surface area contributed by atoms with Crippen molar-refractivity contribution in [3.63, 3.8) is 0 Å². The van der Waals surface area contributed by atoms with Crippen LogP contribution in [0.25, 0.3) is 0 Å². The van der Waals surface area contributed by atoms with E-state index in [0.717, 1.165) is 43.7 Å². The number of rotatable bonds is 8. The van der Waals surface area contributed by atoms with E-state index in [1.807, 2.05) is 6.07 Å². The highest BCUT2D eigenvalue weighted by atomic mass is 16.6. The molecule has 9 nitrogen and oxygen atoms in total. The molecule has 1 aromatic carbocycles. The first kappa shape index (κ1) is 21.5. The molecule has 1 amide bonds. The largest absolute Gasteiger partial charge is 0.354 e. The second-order valence-electron chi connectivity index (χ2n) is 7.66. The van der Waals surface area contributed by atoms with Crippen LogP contribution in [0.2, 0.25) is 0 Å². The van der Waals surface area contributed by atoms with Crippen LogP contribution in [0.15, 0.2) is 24.3 Å². The molecule has 2 aromatic rings. The number of benzene rings is 1. The summed E-state index contributed by atoms with van der Waals surface area (Å²) in [5, 5.41) is 17.3. The second kappa shape index (κ2) is 9.51. The Kier molecular flexibility index (Phi) is 6.81. The van der Waals surface area contributed by atoms with Gasteiger partial charge in [0.2, 0.25) is 11.9 Å². The van der Waals surface area contributed by atoms with Crippen molar-refractivity contribution < 1.29 is 9.72 Å². The van der Waals surface area contributed by atoms with Crippen molar-refractivity contribution in [1.82, 2.24) is 15.3 Å². The van der Waals surface area contributed by atoms with Gasteiger partial charge in [0, 0.05) is 55.1 Å². The van der Waals surface area contributed by atoms with Gasteiger partial charge in [0.1, 0.15) is 5.82 Å². The van der Waals surface area contributed by atoms with E-state index >= 15 is 0 Å². The number of nitrogens with zero attached hydrogens (tertiary/aromatic N) is 4. The third-order valence-corrected chi connectivity index (χ3v) is 5.13. The van der Waals surface area contributed by atoms with Crippen LogP contribution >= 0.6 is 0 Å². The van der Waals surface area contributed by atoms with E-state index in [1.165, 1.54) is 13.0 Å². The lowest BCUT2D eigenvalue weighted by atomic mass is 10.2. The van der Waals surface area contributed by atoms with Crippen LogP contribution < -0.4 is 15.5 Å². The Labute approximate surface area is 176 Å². The SMILES string of the molecule is CCCCc1cc(N2CC[C@H](NC(C)=O)C2)nc(Nc2ccc(C)c([N+](=O)[O-])c2)n1. The van der Waals surface area contributed by atoms with Crippen molar-refractivity contribution in [1.29, 1.82) is 0 Å². The maximum Gasteiger partial charge on any atom is 0.274 e. The number of nitrogens with one attached hydrogen (secondary N) is 2. The van der Waals surface area contributed by atoms with Gasteiger partial charge in [0.05, 0.1) is 4.92 Å². The van der Waals surface area contributed by atoms with Crippen molar-refractivity contribution in [3.8, 4) is 0 Å². The first-order valence-corrected chi connectivity index (χ1v) is 10.3. The van der Waals surface area contributed by atoms with Gasteiger partial charge in [0.15, 0.2) is 0 Å². The number of amides is 1. The molecule has 0 spiro atoms. The Hall–Kier alpha value is -3.23. The summed E-state index contributed by atoms with van der Waals surface area (Å²) in [5.74, 6) is 1.18. The molecular formula is C21H28N6O3. The van der Waals surface area contributed by atoms with E-state index in [2.05, 4.69) is 32.4 Å². The number of unbranched alkanes of at least 4 members (excludes halogenated alkanes) is 1. The number of carbonyl (C=O) groups is 1. The summed E-state index contributed by atoms with van der Waals surface area (Å²) in [6, 6.07) is 7.09. The Balaban J connectivity index is 1.85. The molecule has 1 saturated heterocycles. The molecule has 1 aromatic heterocycles. The molecule has 3 rings (SSSR count). The minimum Gasteiger partial charge on any atom is -0.354 e. The molecule has 0 saturated carbocycles. The van der Waals surface area contributed by atoms with Crippen molar-refractivity contribution in [2.24, 2.45) is 0 Å². The molecule has 2 heterocycles. The quantitative estimate of drug-likeness (QED) is 0.504. The fourth-order valence-electron chi connectivity index (χ4n) is 3.57. The Morgan fingerprint density at radius 3 is 2.83 bits per heavy atom. The number of aromatic nitrogens is 2. The van der Waals surface area contributed by atoms with E-state index in [0.29, 0.717) is 23.7 Å². The summed E-state index contributed by atoms with van der Waals surface area (Å²) < 4.78 is 0. The number of hydrogen-bond donors (Lipinski definition) is 2. The first-order chi connectivity index (χ1) is 14.4. The summed E-state index contributed by atoms with van der Waals surface area (Å²) in [7, 11) is 0. The summed E-state index contributed by atoms with van der Waals surface area (Å²) in [4.78, 5) is 33.6. The van der Waals surface area contributed by atoms with E-state index in [1.54, 1.807) is 19.1 Å². The zero-order valence-corrected chi connectivity index (χ0v) is 17.6. The lowest BCUT2D eigenvalue weighted by Crippen LogP contribution is -2.35. The maximum atomic E-state index is 11.4. The van der Waals surface area contributed by atoms with E-state index in [4.69, 9.17) is 0 Å². The van der Waals surface area contributed by atoms with Gasteiger partial charge in [-0.15, -0.1) is 0 Å². The third kappa shape index (κ3) is 5.43. The zero-order valence-electron chi connectivity index (χ0n) is 17.6. The van der Waals surface area contributed by atoms with Gasteiger partial charge in [-0.05, 0) is 32.3 Å². The van der Waals surface area contributed by atoms with E-state index in [-0.39, 0.29) is 17.6 Å². The Morgan fingerprint density at radius 1 is 1.33 bits per heavy atom. The van der Waals surface area contributed by atoms with Crippen LogP contribution in [0.1, 0.15) is 44.4 Å². The van der Waals surface area contributed by atoms with Gasteiger partial charge in [-0.1, -0.05) is 19.4 Å². The minimum atomic E-state index is -0.392. The van der Waals surface area contributed by atoms with Crippen LogP contribution in [0.4, 0.5) is 23.1 Å². The van der Waals surface area contributed by atoms with Crippen LogP contribution in [0.3, 0.4) is 0 Å². The number of carbonyl (C=O) groups excluding carboxylic acids is 1. The molecule has 1 aliphatic rings. The normalized spacial score (nSPS) is 15.8. The average molecular weight is 412 g/mol. The van der Waals surface area contributed by atoms with Gasteiger partial charge >= 0.3 is 0 Å². The first-order valence-electron chi connectivity index (χ1n) is 10.3.